The van der Waals surface area contributed by atoms with Gasteiger partial charge in [0.1, 0.15) is 0 Å². The van der Waals surface area contributed by atoms with E-state index in [9.17, 15) is 0 Å². The van der Waals surface area contributed by atoms with Crippen molar-refractivity contribution in [3.8, 4) is 11.4 Å². The maximum atomic E-state index is 2.45. The highest BCUT2D eigenvalue weighted by Gasteiger charge is 2.20. The molecule has 7 aromatic rings. The number of nitrogens with zero attached hydrogens (tertiary/aromatic N) is 2. The zero-order chi connectivity index (χ0) is 25.3. The highest BCUT2D eigenvalue weighted by molar-refractivity contribution is 6.13. The molecular weight excluding hydrogens is 448 g/mol. The van der Waals surface area contributed by atoms with Gasteiger partial charge in [-0.2, -0.15) is 0 Å². The van der Waals surface area contributed by atoms with E-state index in [1.165, 1.54) is 66.1 Å². The maximum Gasteiger partial charge on any atom is 0.0591 e. The molecule has 0 spiro atoms. The van der Waals surface area contributed by atoms with Crippen LogP contribution in [0.2, 0.25) is 0 Å². The van der Waals surface area contributed by atoms with Crippen LogP contribution >= 0.6 is 0 Å². The number of aryl methyl sites for hydroxylation is 1. The fourth-order valence-corrected chi connectivity index (χ4v) is 6.01. The largest absolute Gasteiger partial charge is 0.309 e. The lowest BCUT2D eigenvalue weighted by atomic mass is 9.87. The zero-order valence-corrected chi connectivity index (χ0v) is 21.8. The molecule has 0 aliphatic heterocycles. The molecule has 2 heterocycles. The second kappa shape index (κ2) is 7.85. The van der Waals surface area contributed by atoms with Crippen LogP contribution in [0.1, 0.15) is 31.9 Å². The number of benzene rings is 5. The first kappa shape index (κ1) is 21.9. The van der Waals surface area contributed by atoms with Crippen LogP contribution in [0.5, 0.6) is 0 Å². The Kier molecular flexibility index (Phi) is 4.65. The Bertz CT molecular complexity index is 1900. The van der Waals surface area contributed by atoms with E-state index < -0.39 is 0 Å². The minimum absolute atomic E-state index is 0.124. The van der Waals surface area contributed by atoms with Crippen LogP contribution in [0, 0.1) is 6.92 Å². The van der Waals surface area contributed by atoms with Gasteiger partial charge < -0.3 is 9.13 Å². The van der Waals surface area contributed by atoms with Gasteiger partial charge in [-0.05, 0) is 59.9 Å². The highest BCUT2D eigenvalue weighted by Crippen LogP contribution is 2.39. The fraction of sp³-hybridized carbons (Fsp3) is 0.143. The Morgan fingerprint density at radius 1 is 0.486 bits per heavy atom. The summed E-state index contributed by atoms with van der Waals surface area (Å²) in [5, 5.41) is 5.15. The second-order valence-corrected chi connectivity index (χ2v) is 11.1. The number of hydrogen-bond acceptors (Lipinski definition) is 0. The van der Waals surface area contributed by atoms with Gasteiger partial charge in [0, 0.05) is 27.2 Å². The molecule has 0 amide bonds. The third-order valence-electron chi connectivity index (χ3n) is 7.87. The van der Waals surface area contributed by atoms with E-state index in [1.807, 2.05) is 0 Å². The molecule has 0 bridgehead atoms. The van der Waals surface area contributed by atoms with E-state index in [4.69, 9.17) is 0 Å². The van der Waals surface area contributed by atoms with Gasteiger partial charge in [0.05, 0.1) is 27.8 Å². The Balaban J connectivity index is 1.58. The summed E-state index contributed by atoms with van der Waals surface area (Å²) in [4.78, 5) is 0. The molecule has 0 saturated carbocycles. The molecule has 2 heteroatoms. The minimum atomic E-state index is 0.124. The summed E-state index contributed by atoms with van der Waals surface area (Å²) in [7, 11) is 0. The summed E-state index contributed by atoms with van der Waals surface area (Å²) < 4.78 is 4.88. The molecule has 2 nitrogen and oxygen atoms in total. The summed E-state index contributed by atoms with van der Waals surface area (Å²) in [6.07, 6.45) is 0. The normalized spacial score (nSPS) is 12.3. The molecule has 0 fully saturated rings. The van der Waals surface area contributed by atoms with Gasteiger partial charge in [0.15, 0.2) is 0 Å². The predicted octanol–water partition coefficient (Wildman–Crippen LogP) is 9.49. The monoisotopic (exact) mass is 478 g/mol. The van der Waals surface area contributed by atoms with Crippen LogP contribution in [0.4, 0.5) is 0 Å². The van der Waals surface area contributed by atoms with Gasteiger partial charge >= 0.3 is 0 Å². The number of para-hydroxylation sites is 3. The van der Waals surface area contributed by atoms with Crippen molar-refractivity contribution in [2.75, 3.05) is 0 Å². The molecule has 0 unspecified atom stereocenters. The number of hydrogen-bond donors (Lipinski definition) is 0. The van der Waals surface area contributed by atoms with Crippen LogP contribution in [0.3, 0.4) is 0 Å². The van der Waals surface area contributed by atoms with Crippen LogP contribution in [0.25, 0.3) is 55.0 Å². The van der Waals surface area contributed by atoms with Gasteiger partial charge in [-0.3, -0.25) is 0 Å². The Morgan fingerprint density at radius 3 is 1.51 bits per heavy atom. The van der Waals surface area contributed by atoms with Gasteiger partial charge in [-0.1, -0.05) is 93.6 Å². The number of aromatic nitrogens is 2. The summed E-state index contributed by atoms with van der Waals surface area (Å²) in [6.45, 7) is 9.08. The molecule has 0 aliphatic carbocycles. The fourth-order valence-electron chi connectivity index (χ4n) is 6.01. The van der Waals surface area contributed by atoms with Crippen molar-refractivity contribution in [2.24, 2.45) is 0 Å². The van der Waals surface area contributed by atoms with Gasteiger partial charge in [0.25, 0.3) is 0 Å². The van der Waals surface area contributed by atoms with E-state index in [0.717, 1.165) is 0 Å². The Morgan fingerprint density at radius 2 is 0.973 bits per heavy atom. The lowest BCUT2D eigenvalue weighted by Crippen LogP contribution is -2.10. The second-order valence-electron chi connectivity index (χ2n) is 11.1. The molecule has 37 heavy (non-hydrogen) atoms. The van der Waals surface area contributed by atoms with E-state index in [0.29, 0.717) is 0 Å². The van der Waals surface area contributed by atoms with Crippen molar-refractivity contribution in [1.82, 2.24) is 9.13 Å². The average molecular weight is 479 g/mol. The van der Waals surface area contributed by atoms with Gasteiger partial charge in [0.2, 0.25) is 0 Å². The first-order chi connectivity index (χ1) is 17.9. The first-order valence-electron chi connectivity index (χ1n) is 13.1. The molecule has 5 aromatic carbocycles. The lowest BCUT2D eigenvalue weighted by Gasteiger charge is -2.20. The molecule has 0 saturated heterocycles. The van der Waals surface area contributed by atoms with Crippen molar-refractivity contribution in [2.45, 2.75) is 33.1 Å². The van der Waals surface area contributed by atoms with E-state index in [1.54, 1.807) is 0 Å². The molecule has 0 atom stereocenters. The van der Waals surface area contributed by atoms with Crippen molar-refractivity contribution >= 4 is 43.6 Å². The third-order valence-corrected chi connectivity index (χ3v) is 7.87. The van der Waals surface area contributed by atoms with Crippen LogP contribution in [0.15, 0.2) is 109 Å². The SMILES string of the molecule is Cc1c(-n2c3ccccc3c3ccccc32)ccc2c3ccccc3n(-c3ccc(C(C)(C)C)cc3)c12. The quantitative estimate of drug-likeness (QED) is 0.234. The van der Waals surface area contributed by atoms with E-state index in [2.05, 4.69) is 146 Å². The third kappa shape index (κ3) is 3.18. The smallest absolute Gasteiger partial charge is 0.0591 e. The molecular formula is C35H30N2. The maximum absolute atomic E-state index is 2.45. The average Bonchev–Trinajstić information content (AvgIpc) is 3.43. The summed E-state index contributed by atoms with van der Waals surface area (Å²) >= 11 is 0. The van der Waals surface area contributed by atoms with Crippen molar-refractivity contribution < 1.29 is 0 Å². The van der Waals surface area contributed by atoms with Crippen LogP contribution in [-0.2, 0) is 5.41 Å². The summed E-state index contributed by atoms with van der Waals surface area (Å²) in [5.41, 5.74) is 10.2. The molecule has 180 valence electrons. The number of fused-ring (bicyclic) bond motifs is 6. The van der Waals surface area contributed by atoms with Gasteiger partial charge in [-0.15, -0.1) is 0 Å². The standard InChI is InChI=1S/C35H30N2/c1-23-30(37-32-15-9-5-11-26(32)27-12-6-10-16-33(27)37)22-21-29-28-13-7-8-14-31(28)36(34(23)29)25-19-17-24(18-20-25)35(2,3)4/h5-22H,1-4H3. The summed E-state index contributed by atoms with van der Waals surface area (Å²) in [6, 6.07) is 40.0. The molecule has 0 N–H and O–H groups in total. The predicted molar refractivity (Wildman–Crippen MR) is 159 cm³/mol. The molecule has 0 aliphatic rings. The molecule has 7 rings (SSSR count). The summed E-state index contributed by atoms with van der Waals surface area (Å²) in [5.74, 6) is 0. The van der Waals surface area contributed by atoms with Crippen molar-refractivity contribution in [1.29, 1.82) is 0 Å². The van der Waals surface area contributed by atoms with Gasteiger partial charge in [-0.25, -0.2) is 0 Å². The molecule has 2 aromatic heterocycles. The van der Waals surface area contributed by atoms with E-state index >= 15 is 0 Å². The number of rotatable bonds is 2. The Labute approximate surface area is 217 Å². The minimum Gasteiger partial charge on any atom is -0.309 e. The van der Waals surface area contributed by atoms with Crippen molar-refractivity contribution in [3.05, 3.63) is 120 Å². The van der Waals surface area contributed by atoms with Crippen LogP contribution < -0.4 is 0 Å². The topological polar surface area (TPSA) is 9.86 Å². The lowest BCUT2D eigenvalue weighted by molar-refractivity contribution is 0.590. The highest BCUT2D eigenvalue weighted by atomic mass is 15.0. The zero-order valence-electron chi connectivity index (χ0n) is 21.8. The first-order valence-corrected chi connectivity index (χ1v) is 13.1. The Hall–Kier alpha value is -4.30. The van der Waals surface area contributed by atoms with E-state index in [-0.39, 0.29) is 5.41 Å². The molecule has 0 radical (unpaired) electrons. The van der Waals surface area contributed by atoms with Crippen LogP contribution in [-0.4, -0.2) is 9.13 Å². The van der Waals surface area contributed by atoms with Crippen molar-refractivity contribution in [3.63, 3.8) is 0 Å².